The van der Waals surface area contributed by atoms with Gasteiger partial charge in [-0.25, -0.2) is 4.79 Å². The van der Waals surface area contributed by atoms with Crippen LogP contribution in [0.2, 0.25) is 0 Å². The lowest BCUT2D eigenvalue weighted by atomic mass is 10.2. The first-order valence-corrected chi connectivity index (χ1v) is 5.06. The maximum atomic E-state index is 11.5. The monoisotopic (exact) mass is 201 g/mol. The zero-order valence-corrected chi connectivity index (χ0v) is 9.37. The Morgan fingerprint density at radius 3 is 2.64 bits per heavy atom. The molecule has 0 radical (unpaired) electrons. The molecule has 82 valence electrons. The number of amides is 1. The number of carbonyl (C=O) groups excluding carboxylic acids is 1. The van der Waals surface area contributed by atoms with Crippen molar-refractivity contribution in [3.63, 3.8) is 0 Å². The smallest absolute Gasteiger partial charge is 0.434 e. The van der Waals surface area contributed by atoms with Crippen molar-refractivity contribution < 1.29 is 14.4 Å². The molecule has 0 aromatic heterocycles. The van der Waals surface area contributed by atoms with E-state index in [1.165, 1.54) is 5.06 Å². The molecule has 1 atom stereocenters. The molecule has 0 aromatic carbocycles. The molecule has 14 heavy (non-hydrogen) atoms. The second-order valence-corrected chi connectivity index (χ2v) is 4.64. The summed E-state index contributed by atoms with van der Waals surface area (Å²) in [6, 6.07) is 0. The number of hydrogen-bond donors (Lipinski definition) is 0. The van der Waals surface area contributed by atoms with Crippen molar-refractivity contribution in [1.29, 1.82) is 0 Å². The Bertz CT molecular complexity index is 210. The van der Waals surface area contributed by atoms with Gasteiger partial charge in [-0.1, -0.05) is 0 Å². The molecule has 4 heteroatoms. The van der Waals surface area contributed by atoms with Crippen LogP contribution in [0, 0.1) is 0 Å². The van der Waals surface area contributed by atoms with Crippen LogP contribution in [0.4, 0.5) is 4.79 Å². The van der Waals surface area contributed by atoms with Crippen molar-refractivity contribution in [3.8, 4) is 0 Å². The van der Waals surface area contributed by atoms with Gasteiger partial charge in [0.15, 0.2) is 0 Å². The van der Waals surface area contributed by atoms with Crippen molar-refractivity contribution in [2.24, 2.45) is 0 Å². The maximum absolute atomic E-state index is 11.5. The van der Waals surface area contributed by atoms with Crippen LogP contribution in [0.3, 0.4) is 0 Å². The summed E-state index contributed by atoms with van der Waals surface area (Å²) in [5.74, 6) is 0. The van der Waals surface area contributed by atoms with Crippen molar-refractivity contribution >= 4 is 6.09 Å². The van der Waals surface area contributed by atoms with E-state index in [2.05, 4.69) is 0 Å². The third kappa shape index (κ3) is 3.54. The SMILES string of the molecule is CC1CCCN(C(=O)OC(C)(C)C)O1. The van der Waals surface area contributed by atoms with Crippen LogP contribution in [0.25, 0.3) is 0 Å². The average molecular weight is 201 g/mol. The average Bonchev–Trinajstić information content (AvgIpc) is 2.01. The van der Waals surface area contributed by atoms with E-state index in [1.54, 1.807) is 0 Å². The van der Waals surface area contributed by atoms with Crippen molar-refractivity contribution in [1.82, 2.24) is 5.06 Å². The van der Waals surface area contributed by atoms with Gasteiger partial charge in [0.2, 0.25) is 0 Å². The number of nitrogens with zero attached hydrogens (tertiary/aromatic N) is 1. The lowest BCUT2D eigenvalue weighted by molar-refractivity contribution is -0.198. The Kier molecular flexibility index (Phi) is 3.37. The van der Waals surface area contributed by atoms with Gasteiger partial charge in [0.25, 0.3) is 0 Å². The molecule has 1 aliphatic heterocycles. The molecule has 0 spiro atoms. The normalized spacial score (nSPS) is 23.4. The van der Waals surface area contributed by atoms with Gasteiger partial charge in [0, 0.05) is 0 Å². The number of ether oxygens (including phenoxy) is 1. The first kappa shape index (κ1) is 11.3. The Morgan fingerprint density at radius 1 is 1.50 bits per heavy atom. The largest absolute Gasteiger partial charge is 0.442 e. The summed E-state index contributed by atoms with van der Waals surface area (Å²) in [7, 11) is 0. The lowest BCUT2D eigenvalue weighted by Gasteiger charge is -2.31. The topological polar surface area (TPSA) is 38.8 Å². The second-order valence-electron chi connectivity index (χ2n) is 4.64. The van der Waals surface area contributed by atoms with E-state index in [9.17, 15) is 4.79 Å². The van der Waals surface area contributed by atoms with E-state index in [1.807, 2.05) is 27.7 Å². The highest BCUT2D eigenvalue weighted by Crippen LogP contribution is 2.16. The van der Waals surface area contributed by atoms with Crippen LogP contribution in [0.5, 0.6) is 0 Å². The summed E-state index contributed by atoms with van der Waals surface area (Å²) in [6.45, 7) is 8.12. The highest BCUT2D eigenvalue weighted by Gasteiger charge is 2.26. The minimum absolute atomic E-state index is 0.108. The minimum Gasteiger partial charge on any atom is -0.442 e. The van der Waals surface area contributed by atoms with Crippen molar-refractivity contribution in [3.05, 3.63) is 0 Å². The number of rotatable bonds is 0. The van der Waals surface area contributed by atoms with Crippen LogP contribution in [0.15, 0.2) is 0 Å². The van der Waals surface area contributed by atoms with Gasteiger partial charge in [-0.05, 0) is 40.5 Å². The predicted molar refractivity (Wildman–Crippen MR) is 52.7 cm³/mol. The molecule has 0 N–H and O–H groups in total. The first-order chi connectivity index (χ1) is 6.38. The summed E-state index contributed by atoms with van der Waals surface area (Å²) in [4.78, 5) is 16.9. The first-order valence-electron chi connectivity index (χ1n) is 5.06. The lowest BCUT2D eigenvalue weighted by Crippen LogP contribution is -2.42. The molecular formula is C10H19NO3. The molecule has 0 bridgehead atoms. The van der Waals surface area contributed by atoms with Gasteiger partial charge >= 0.3 is 6.09 Å². The van der Waals surface area contributed by atoms with Gasteiger partial charge in [0.1, 0.15) is 5.60 Å². The summed E-state index contributed by atoms with van der Waals surface area (Å²) in [5, 5.41) is 1.32. The molecule has 4 nitrogen and oxygen atoms in total. The molecule has 1 fully saturated rings. The zero-order valence-electron chi connectivity index (χ0n) is 9.37. The van der Waals surface area contributed by atoms with Crippen LogP contribution in [0.1, 0.15) is 40.5 Å². The van der Waals surface area contributed by atoms with Gasteiger partial charge in [0.05, 0.1) is 12.6 Å². The van der Waals surface area contributed by atoms with Crippen molar-refractivity contribution in [2.75, 3.05) is 6.54 Å². The Morgan fingerprint density at radius 2 is 2.14 bits per heavy atom. The Hall–Kier alpha value is -0.770. The molecule has 1 saturated heterocycles. The van der Waals surface area contributed by atoms with Crippen LogP contribution < -0.4 is 0 Å². The van der Waals surface area contributed by atoms with Crippen LogP contribution in [-0.2, 0) is 9.57 Å². The van der Waals surface area contributed by atoms with Gasteiger partial charge in [-0.3, -0.25) is 4.84 Å². The van der Waals surface area contributed by atoms with E-state index in [0.29, 0.717) is 6.54 Å². The third-order valence-corrected chi connectivity index (χ3v) is 1.88. The predicted octanol–water partition coefficient (Wildman–Crippen LogP) is 2.34. The van der Waals surface area contributed by atoms with E-state index in [4.69, 9.17) is 9.57 Å². The summed E-state index contributed by atoms with van der Waals surface area (Å²) in [5.41, 5.74) is -0.457. The van der Waals surface area contributed by atoms with Gasteiger partial charge in [-0.15, -0.1) is 0 Å². The molecule has 1 heterocycles. The Labute approximate surface area is 85.1 Å². The van der Waals surface area contributed by atoms with Gasteiger partial charge < -0.3 is 4.74 Å². The molecule has 1 unspecified atom stereocenters. The summed E-state index contributed by atoms with van der Waals surface area (Å²) in [6.07, 6.45) is 1.69. The Balaban J connectivity index is 2.44. The fourth-order valence-corrected chi connectivity index (χ4v) is 1.29. The summed E-state index contributed by atoms with van der Waals surface area (Å²) < 4.78 is 5.19. The molecule has 1 amide bonds. The van der Waals surface area contributed by atoms with Crippen LogP contribution >= 0.6 is 0 Å². The number of hydrogen-bond acceptors (Lipinski definition) is 3. The maximum Gasteiger partial charge on any atom is 0.434 e. The zero-order chi connectivity index (χ0) is 10.8. The number of carbonyl (C=O) groups is 1. The third-order valence-electron chi connectivity index (χ3n) is 1.88. The molecule has 0 aromatic rings. The minimum atomic E-state index is -0.457. The van der Waals surface area contributed by atoms with Gasteiger partial charge in [-0.2, -0.15) is 5.06 Å². The highest BCUT2D eigenvalue weighted by atomic mass is 16.7. The second kappa shape index (κ2) is 4.17. The van der Waals surface area contributed by atoms with E-state index < -0.39 is 5.60 Å². The molecule has 0 saturated carbocycles. The molecule has 1 rings (SSSR count). The van der Waals surface area contributed by atoms with E-state index in [0.717, 1.165) is 12.8 Å². The standard InChI is InChI=1S/C10H19NO3/c1-8-6-5-7-11(14-8)9(12)13-10(2,3)4/h8H,5-7H2,1-4H3. The van der Waals surface area contributed by atoms with Crippen LogP contribution in [-0.4, -0.2) is 29.4 Å². The molecule has 0 aliphatic carbocycles. The van der Waals surface area contributed by atoms with E-state index in [-0.39, 0.29) is 12.2 Å². The summed E-state index contributed by atoms with van der Waals surface area (Å²) >= 11 is 0. The number of hydroxylamine groups is 2. The molecule has 1 aliphatic rings. The fraction of sp³-hybridized carbons (Fsp3) is 0.900. The molecular weight excluding hydrogens is 182 g/mol. The highest BCUT2D eigenvalue weighted by molar-refractivity contribution is 5.66. The fourth-order valence-electron chi connectivity index (χ4n) is 1.29. The van der Waals surface area contributed by atoms with E-state index >= 15 is 0 Å². The quantitative estimate of drug-likeness (QED) is 0.603. The van der Waals surface area contributed by atoms with Crippen molar-refractivity contribution in [2.45, 2.75) is 52.2 Å².